The van der Waals surface area contributed by atoms with Crippen LogP contribution in [-0.2, 0) is 0 Å². The highest BCUT2D eigenvalue weighted by Crippen LogP contribution is 2.33. The SMILES string of the molecule is CC(C)(C)[C@H](O)[C@H](N)c1cc(Br)ccc1Cl.Cl. The first-order valence-corrected chi connectivity index (χ1v) is 6.29. The standard InChI is InChI=1S/C12H17BrClNO.ClH/c1-12(2,3)11(16)10(15)8-6-7(13)4-5-9(8)14;/h4-6,10-11,16H,15H2,1-3H3;1H/t10-,11-;/m1./s1. The molecule has 3 N–H and O–H groups in total. The van der Waals surface area contributed by atoms with E-state index >= 15 is 0 Å². The number of hydrogen-bond acceptors (Lipinski definition) is 2. The Morgan fingerprint density at radius 2 is 1.88 bits per heavy atom. The Morgan fingerprint density at radius 3 is 2.35 bits per heavy atom. The zero-order chi connectivity index (χ0) is 12.5. The molecular weight excluding hydrogens is 325 g/mol. The molecule has 0 heterocycles. The van der Waals surface area contributed by atoms with Crippen molar-refractivity contribution in [1.82, 2.24) is 0 Å². The van der Waals surface area contributed by atoms with Gasteiger partial charge in [-0.3, -0.25) is 0 Å². The minimum atomic E-state index is -0.640. The average Bonchev–Trinajstić information content (AvgIpc) is 2.18. The predicted molar refractivity (Wildman–Crippen MR) is 78.8 cm³/mol. The molecule has 0 amide bonds. The van der Waals surface area contributed by atoms with E-state index in [1.165, 1.54) is 0 Å². The third-order valence-corrected chi connectivity index (χ3v) is 3.38. The third-order valence-electron chi connectivity index (χ3n) is 2.54. The van der Waals surface area contributed by atoms with Gasteiger partial charge in [-0.2, -0.15) is 0 Å². The largest absolute Gasteiger partial charge is 0.391 e. The van der Waals surface area contributed by atoms with Gasteiger partial charge in [-0.25, -0.2) is 0 Å². The maximum atomic E-state index is 10.1. The van der Waals surface area contributed by atoms with Crippen molar-refractivity contribution in [3.63, 3.8) is 0 Å². The van der Waals surface area contributed by atoms with E-state index in [0.29, 0.717) is 5.02 Å². The molecule has 17 heavy (non-hydrogen) atoms. The van der Waals surface area contributed by atoms with Crippen LogP contribution < -0.4 is 5.73 Å². The van der Waals surface area contributed by atoms with E-state index in [4.69, 9.17) is 17.3 Å². The van der Waals surface area contributed by atoms with Gasteiger partial charge in [-0.15, -0.1) is 12.4 Å². The third kappa shape index (κ3) is 4.42. The fourth-order valence-corrected chi connectivity index (χ4v) is 2.10. The minimum absolute atomic E-state index is 0. The Hall–Kier alpha value is 0.200. The Bertz CT molecular complexity index is 379. The van der Waals surface area contributed by atoms with Crippen LogP contribution >= 0.6 is 39.9 Å². The summed E-state index contributed by atoms with van der Waals surface area (Å²) in [6, 6.07) is 4.99. The topological polar surface area (TPSA) is 46.2 Å². The van der Waals surface area contributed by atoms with Gasteiger partial charge in [0.05, 0.1) is 12.1 Å². The summed E-state index contributed by atoms with van der Waals surface area (Å²) in [6.45, 7) is 5.84. The number of aliphatic hydroxyl groups excluding tert-OH is 1. The molecule has 0 aliphatic carbocycles. The van der Waals surface area contributed by atoms with Gasteiger partial charge < -0.3 is 10.8 Å². The Kier molecular flexibility index (Phi) is 6.47. The van der Waals surface area contributed by atoms with Gasteiger partial charge in [-0.05, 0) is 29.2 Å². The monoisotopic (exact) mass is 341 g/mol. The molecule has 1 rings (SSSR count). The van der Waals surface area contributed by atoms with E-state index in [1.807, 2.05) is 32.9 Å². The van der Waals surface area contributed by atoms with Crippen LogP contribution in [0, 0.1) is 5.41 Å². The summed E-state index contributed by atoms with van der Waals surface area (Å²) in [7, 11) is 0. The molecule has 0 bridgehead atoms. The molecule has 0 saturated carbocycles. The van der Waals surface area contributed by atoms with E-state index in [9.17, 15) is 5.11 Å². The molecule has 5 heteroatoms. The molecule has 0 aliphatic heterocycles. The van der Waals surface area contributed by atoms with Crippen molar-refractivity contribution >= 4 is 39.9 Å². The van der Waals surface area contributed by atoms with Gasteiger partial charge in [-0.1, -0.05) is 48.3 Å². The lowest BCUT2D eigenvalue weighted by Crippen LogP contribution is -2.37. The van der Waals surface area contributed by atoms with Crippen LogP contribution in [0.2, 0.25) is 5.02 Å². The Labute approximate surface area is 122 Å². The number of aliphatic hydroxyl groups is 1. The molecule has 1 aromatic rings. The van der Waals surface area contributed by atoms with Gasteiger partial charge in [0, 0.05) is 9.50 Å². The zero-order valence-corrected chi connectivity index (χ0v) is 13.2. The summed E-state index contributed by atoms with van der Waals surface area (Å²) < 4.78 is 0.906. The fraction of sp³-hybridized carbons (Fsp3) is 0.500. The first-order valence-electron chi connectivity index (χ1n) is 5.12. The number of nitrogens with two attached hydrogens (primary N) is 1. The summed E-state index contributed by atoms with van der Waals surface area (Å²) in [5.41, 5.74) is 6.53. The van der Waals surface area contributed by atoms with Crippen LogP contribution in [0.3, 0.4) is 0 Å². The lowest BCUT2D eigenvalue weighted by atomic mass is 9.82. The summed E-state index contributed by atoms with van der Waals surface area (Å²) in [5.74, 6) is 0. The lowest BCUT2D eigenvalue weighted by Gasteiger charge is -2.31. The predicted octanol–water partition coefficient (Wildman–Crippen LogP) is 3.93. The second kappa shape index (κ2) is 6.39. The molecule has 2 atom stereocenters. The van der Waals surface area contributed by atoms with E-state index in [2.05, 4.69) is 15.9 Å². The molecule has 98 valence electrons. The maximum absolute atomic E-state index is 10.1. The molecule has 2 nitrogen and oxygen atoms in total. The van der Waals surface area contributed by atoms with Crippen molar-refractivity contribution in [3.05, 3.63) is 33.3 Å². The molecule has 0 aliphatic rings. The van der Waals surface area contributed by atoms with Crippen LogP contribution in [0.15, 0.2) is 22.7 Å². The summed E-state index contributed by atoms with van der Waals surface area (Å²) in [5, 5.41) is 10.7. The lowest BCUT2D eigenvalue weighted by molar-refractivity contribution is 0.0401. The van der Waals surface area contributed by atoms with Crippen LogP contribution in [0.1, 0.15) is 32.4 Å². The molecule has 1 aromatic carbocycles. The first-order chi connectivity index (χ1) is 7.23. The number of rotatable bonds is 2. The van der Waals surface area contributed by atoms with E-state index < -0.39 is 12.1 Å². The van der Waals surface area contributed by atoms with Gasteiger partial charge in [0.1, 0.15) is 0 Å². The Morgan fingerprint density at radius 1 is 1.35 bits per heavy atom. The van der Waals surface area contributed by atoms with Gasteiger partial charge >= 0.3 is 0 Å². The summed E-state index contributed by atoms with van der Waals surface area (Å²) >= 11 is 9.44. The molecular formula is C12H18BrCl2NO. The smallest absolute Gasteiger partial charge is 0.0781 e. The van der Waals surface area contributed by atoms with Crippen molar-refractivity contribution in [2.24, 2.45) is 11.1 Å². The molecule has 0 fully saturated rings. The maximum Gasteiger partial charge on any atom is 0.0781 e. The molecule has 0 radical (unpaired) electrons. The zero-order valence-electron chi connectivity index (χ0n) is 10.1. The second-order valence-corrected chi connectivity index (χ2v) is 6.33. The summed E-state index contributed by atoms with van der Waals surface area (Å²) in [4.78, 5) is 0. The second-order valence-electron chi connectivity index (χ2n) is 5.00. The Balaban J connectivity index is 0.00000256. The van der Waals surface area contributed by atoms with E-state index in [-0.39, 0.29) is 17.8 Å². The highest BCUT2D eigenvalue weighted by Gasteiger charge is 2.30. The van der Waals surface area contributed by atoms with Crippen LogP contribution in [0.4, 0.5) is 0 Å². The minimum Gasteiger partial charge on any atom is -0.391 e. The first kappa shape index (κ1) is 17.2. The van der Waals surface area contributed by atoms with Crippen molar-refractivity contribution in [2.75, 3.05) is 0 Å². The highest BCUT2D eigenvalue weighted by atomic mass is 79.9. The van der Waals surface area contributed by atoms with Crippen molar-refractivity contribution < 1.29 is 5.11 Å². The van der Waals surface area contributed by atoms with Crippen molar-refractivity contribution in [1.29, 1.82) is 0 Å². The van der Waals surface area contributed by atoms with Crippen LogP contribution in [0.25, 0.3) is 0 Å². The fourth-order valence-electron chi connectivity index (χ4n) is 1.48. The molecule has 0 unspecified atom stereocenters. The molecule has 0 aromatic heterocycles. The van der Waals surface area contributed by atoms with Crippen molar-refractivity contribution in [2.45, 2.75) is 32.9 Å². The number of benzene rings is 1. The van der Waals surface area contributed by atoms with E-state index in [1.54, 1.807) is 6.07 Å². The van der Waals surface area contributed by atoms with Gasteiger partial charge in [0.25, 0.3) is 0 Å². The van der Waals surface area contributed by atoms with Gasteiger partial charge in [0.15, 0.2) is 0 Å². The van der Waals surface area contributed by atoms with Gasteiger partial charge in [0.2, 0.25) is 0 Å². The van der Waals surface area contributed by atoms with Crippen molar-refractivity contribution in [3.8, 4) is 0 Å². The molecule has 0 spiro atoms. The normalized spacial score (nSPS) is 15.0. The highest BCUT2D eigenvalue weighted by molar-refractivity contribution is 9.10. The molecule has 0 saturated heterocycles. The van der Waals surface area contributed by atoms with E-state index in [0.717, 1.165) is 10.0 Å². The average molecular weight is 343 g/mol. The van der Waals surface area contributed by atoms with Crippen LogP contribution in [-0.4, -0.2) is 11.2 Å². The summed E-state index contributed by atoms with van der Waals surface area (Å²) in [6.07, 6.45) is -0.640. The quantitative estimate of drug-likeness (QED) is 0.855. The van der Waals surface area contributed by atoms with Crippen LogP contribution in [0.5, 0.6) is 0 Å². The number of halogens is 3. The number of hydrogen-bond donors (Lipinski definition) is 2.